The summed E-state index contributed by atoms with van der Waals surface area (Å²) in [6.07, 6.45) is 1.73. The molecule has 16 heavy (non-hydrogen) atoms. The van der Waals surface area contributed by atoms with E-state index in [1.807, 2.05) is 25.1 Å². The van der Waals surface area contributed by atoms with Crippen molar-refractivity contribution in [3.05, 3.63) is 30.3 Å². The molecule has 0 saturated carbocycles. The Morgan fingerprint density at radius 3 is 2.38 bits per heavy atom. The molecule has 0 fully saturated rings. The van der Waals surface area contributed by atoms with Crippen molar-refractivity contribution < 1.29 is 9.53 Å². The van der Waals surface area contributed by atoms with Crippen molar-refractivity contribution in [2.45, 2.75) is 33.6 Å². The Morgan fingerprint density at radius 2 is 1.88 bits per heavy atom. The van der Waals surface area contributed by atoms with Gasteiger partial charge in [0.15, 0.2) is 0 Å². The topological polar surface area (TPSA) is 26.3 Å². The summed E-state index contributed by atoms with van der Waals surface area (Å²) in [7, 11) is 0. The third kappa shape index (κ3) is 4.05. The zero-order chi connectivity index (χ0) is 12.0. The number of benzene rings is 1. The number of carbonyl (C=O) groups is 1. The number of rotatable bonds is 5. The van der Waals surface area contributed by atoms with Gasteiger partial charge in [0.05, 0.1) is 5.92 Å². The molecular weight excluding hydrogens is 200 g/mol. The van der Waals surface area contributed by atoms with Gasteiger partial charge in [0.25, 0.3) is 0 Å². The number of esters is 1. The highest BCUT2D eigenvalue weighted by Crippen LogP contribution is 2.19. The first kappa shape index (κ1) is 12.8. The van der Waals surface area contributed by atoms with Crippen LogP contribution in [0.5, 0.6) is 5.75 Å². The third-order valence-corrected chi connectivity index (χ3v) is 2.54. The minimum atomic E-state index is -0.109. The number of carbonyl (C=O) groups excluding carboxylic acids is 1. The van der Waals surface area contributed by atoms with Gasteiger partial charge < -0.3 is 4.74 Å². The fourth-order valence-corrected chi connectivity index (χ4v) is 1.69. The summed E-state index contributed by atoms with van der Waals surface area (Å²) < 4.78 is 5.33. The summed E-state index contributed by atoms with van der Waals surface area (Å²) in [5.41, 5.74) is 0. The average Bonchev–Trinajstić information content (AvgIpc) is 2.26. The molecular formula is C14H20O2. The van der Waals surface area contributed by atoms with Gasteiger partial charge in [-0.1, -0.05) is 39.0 Å². The lowest BCUT2D eigenvalue weighted by Gasteiger charge is -2.15. The van der Waals surface area contributed by atoms with Gasteiger partial charge in [-0.25, -0.2) is 0 Å². The van der Waals surface area contributed by atoms with Crippen molar-refractivity contribution in [3.63, 3.8) is 0 Å². The molecule has 0 heterocycles. The fraction of sp³-hybridized carbons (Fsp3) is 0.500. The maximum atomic E-state index is 11.9. The highest BCUT2D eigenvalue weighted by atomic mass is 16.5. The lowest BCUT2D eigenvalue weighted by atomic mass is 9.95. The van der Waals surface area contributed by atoms with Crippen molar-refractivity contribution in [2.75, 3.05) is 0 Å². The van der Waals surface area contributed by atoms with Gasteiger partial charge in [-0.05, 0) is 30.9 Å². The van der Waals surface area contributed by atoms with Gasteiger partial charge in [0.1, 0.15) is 5.75 Å². The predicted octanol–water partition coefficient (Wildman–Crippen LogP) is 3.66. The zero-order valence-electron chi connectivity index (χ0n) is 10.3. The van der Waals surface area contributed by atoms with E-state index in [-0.39, 0.29) is 11.9 Å². The van der Waals surface area contributed by atoms with E-state index in [0.29, 0.717) is 11.7 Å². The molecule has 0 radical (unpaired) electrons. The molecule has 1 unspecified atom stereocenters. The Labute approximate surface area is 97.6 Å². The van der Waals surface area contributed by atoms with Crippen LogP contribution in [0.4, 0.5) is 0 Å². The first-order valence-electron chi connectivity index (χ1n) is 5.90. The molecule has 0 aliphatic heterocycles. The summed E-state index contributed by atoms with van der Waals surface area (Å²) in [5, 5.41) is 0. The zero-order valence-corrected chi connectivity index (χ0v) is 10.3. The second-order valence-electron chi connectivity index (χ2n) is 4.47. The molecule has 0 amide bonds. The highest BCUT2D eigenvalue weighted by molar-refractivity contribution is 5.75. The maximum Gasteiger partial charge on any atom is 0.314 e. The van der Waals surface area contributed by atoms with Crippen molar-refractivity contribution >= 4 is 5.97 Å². The summed E-state index contributed by atoms with van der Waals surface area (Å²) in [6, 6.07) is 9.25. The Morgan fingerprint density at radius 1 is 1.25 bits per heavy atom. The maximum absolute atomic E-state index is 11.9. The Hall–Kier alpha value is -1.31. The molecule has 1 aromatic rings. The Bertz CT molecular complexity index is 317. The molecule has 0 N–H and O–H groups in total. The number of para-hydroxylation sites is 1. The minimum absolute atomic E-state index is 0.0141. The lowest BCUT2D eigenvalue weighted by molar-refractivity contribution is -0.139. The molecule has 1 aromatic carbocycles. The smallest absolute Gasteiger partial charge is 0.314 e. The molecule has 2 heteroatoms. The molecule has 88 valence electrons. The van der Waals surface area contributed by atoms with Crippen LogP contribution in [0.25, 0.3) is 0 Å². The van der Waals surface area contributed by atoms with E-state index < -0.39 is 0 Å². The van der Waals surface area contributed by atoms with E-state index in [4.69, 9.17) is 4.74 Å². The van der Waals surface area contributed by atoms with Gasteiger partial charge in [0.2, 0.25) is 0 Å². The van der Waals surface area contributed by atoms with E-state index in [2.05, 4.69) is 13.8 Å². The van der Waals surface area contributed by atoms with Gasteiger partial charge >= 0.3 is 5.97 Å². The highest BCUT2D eigenvalue weighted by Gasteiger charge is 2.19. The van der Waals surface area contributed by atoms with E-state index in [0.717, 1.165) is 12.8 Å². The molecule has 0 aromatic heterocycles. The van der Waals surface area contributed by atoms with Crippen LogP contribution in [0, 0.1) is 11.8 Å². The largest absolute Gasteiger partial charge is 0.426 e. The first-order valence-corrected chi connectivity index (χ1v) is 5.90. The first-order chi connectivity index (χ1) is 7.63. The van der Waals surface area contributed by atoms with Gasteiger partial charge in [-0.15, -0.1) is 0 Å². The second-order valence-corrected chi connectivity index (χ2v) is 4.47. The van der Waals surface area contributed by atoms with Crippen LogP contribution in [0.2, 0.25) is 0 Å². The van der Waals surface area contributed by atoms with E-state index in [1.54, 1.807) is 12.1 Å². The van der Waals surface area contributed by atoms with Crippen LogP contribution in [-0.2, 0) is 4.79 Å². The molecule has 0 aliphatic rings. The van der Waals surface area contributed by atoms with Gasteiger partial charge in [-0.2, -0.15) is 0 Å². The monoisotopic (exact) mass is 220 g/mol. The quantitative estimate of drug-likeness (QED) is 0.559. The summed E-state index contributed by atoms with van der Waals surface area (Å²) in [5.74, 6) is 1.06. The number of hydrogen-bond donors (Lipinski definition) is 0. The minimum Gasteiger partial charge on any atom is -0.426 e. The van der Waals surface area contributed by atoms with Crippen LogP contribution in [0.1, 0.15) is 33.6 Å². The SMILES string of the molecule is CCC(CC(C)C)C(=O)Oc1ccccc1. The lowest BCUT2D eigenvalue weighted by Crippen LogP contribution is -2.21. The van der Waals surface area contributed by atoms with Crippen molar-refractivity contribution in [3.8, 4) is 5.75 Å². The van der Waals surface area contributed by atoms with E-state index in [9.17, 15) is 4.79 Å². The van der Waals surface area contributed by atoms with Crippen LogP contribution >= 0.6 is 0 Å². The predicted molar refractivity (Wildman–Crippen MR) is 65.3 cm³/mol. The number of hydrogen-bond acceptors (Lipinski definition) is 2. The van der Waals surface area contributed by atoms with E-state index in [1.165, 1.54) is 0 Å². The molecule has 0 saturated heterocycles. The molecule has 0 bridgehead atoms. The van der Waals surface area contributed by atoms with Crippen molar-refractivity contribution in [2.24, 2.45) is 11.8 Å². The van der Waals surface area contributed by atoms with Gasteiger partial charge in [-0.3, -0.25) is 4.79 Å². The summed E-state index contributed by atoms with van der Waals surface area (Å²) in [6.45, 7) is 6.27. The van der Waals surface area contributed by atoms with Crippen LogP contribution < -0.4 is 4.74 Å². The van der Waals surface area contributed by atoms with Crippen LogP contribution in [0.15, 0.2) is 30.3 Å². The summed E-state index contributed by atoms with van der Waals surface area (Å²) >= 11 is 0. The fourth-order valence-electron chi connectivity index (χ4n) is 1.69. The third-order valence-electron chi connectivity index (χ3n) is 2.54. The Kier molecular flexibility index (Phi) is 5.03. The van der Waals surface area contributed by atoms with E-state index >= 15 is 0 Å². The standard InChI is InChI=1S/C14H20O2/c1-4-12(10-11(2)3)14(15)16-13-8-6-5-7-9-13/h5-9,11-12H,4,10H2,1-3H3. The van der Waals surface area contributed by atoms with Crippen LogP contribution in [0.3, 0.4) is 0 Å². The van der Waals surface area contributed by atoms with Crippen molar-refractivity contribution in [1.82, 2.24) is 0 Å². The average molecular weight is 220 g/mol. The molecule has 0 spiro atoms. The van der Waals surface area contributed by atoms with Crippen LogP contribution in [-0.4, -0.2) is 5.97 Å². The number of ether oxygens (including phenoxy) is 1. The van der Waals surface area contributed by atoms with Crippen molar-refractivity contribution in [1.29, 1.82) is 0 Å². The molecule has 1 atom stereocenters. The van der Waals surface area contributed by atoms with Gasteiger partial charge in [0, 0.05) is 0 Å². The second kappa shape index (κ2) is 6.31. The Balaban J connectivity index is 2.56. The molecule has 2 nitrogen and oxygen atoms in total. The summed E-state index contributed by atoms with van der Waals surface area (Å²) in [4.78, 5) is 11.9. The molecule has 1 rings (SSSR count). The normalized spacial score (nSPS) is 12.5. The molecule has 0 aliphatic carbocycles.